The van der Waals surface area contributed by atoms with E-state index in [1.54, 1.807) is 0 Å². The zero-order valence-electron chi connectivity index (χ0n) is 16.7. The van der Waals surface area contributed by atoms with Crippen LogP contribution < -0.4 is 5.32 Å². The molecule has 3 nitrogen and oxygen atoms in total. The number of halogens is 1. The van der Waals surface area contributed by atoms with Gasteiger partial charge in [0.15, 0.2) is 0 Å². The molecule has 0 aliphatic carbocycles. The standard InChI is InChI=1S/C25H28ClN3/c26-22-12-9-20(10-13-22)25-23(18-28-15-5-2-6-16-28)29-17-21(11-14-24(29)27-25)19-7-3-1-4-8-19/h1,3-4,7-14,17,23-25,27H,2,5-6,15-16,18H2. The molecular formula is C25H28ClN3. The molecule has 0 radical (unpaired) electrons. The van der Waals surface area contributed by atoms with E-state index >= 15 is 0 Å². The largest absolute Gasteiger partial charge is 0.352 e. The molecular weight excluding hydrogens is 378 g/mol. The van der Waals surface area contributed by atoms with Crippen LogP contribution in [0.15, 0.2) is 72.9 Å². The van der Waals surface area contributed by atoms with Crippen molar-refractivity contribution in [3.63, 3.8) is 0 Å². The molecule has 3 aliphatic rings. The van der Waals surface area contributed by atoms with Crippen LogP contribution >= 0.6 is 11.6 Å². The predicted octanol–water partition coefficient (Wildman–Crippen LogP) is 5.08. The van der Waals surface area contributed by atoms with E-state index in [9.17, 15) is 0 Å². The molecule has 0 saturated carbocycles. The molecule has 2 aromatic carbocycles. The Balaban J connectivity index is 1.46. The number of fused-ring (bicyclic) bond motifs is 1. The zero-order valence-corrected chi connectivity index (χ0v) is 17.4. The minimum absolute atomic E-state index is 0.234. The van der Waals surface area contributed by atoms with E-state index in [0.29, 0.717) is 6.04 Å². The molecule has 5 rings (SSSR count). The molecule has 3 atom stereocenters. The maximum Gasteiger partial charge on any atom is 0.0994 e. The summed E-state index contributed by atoms with van der Waals surface area (Å²) >= 11 is 6.16. The summed E-state index contributed by atoms with van der Waals surface area (Å²) in [5.74, 6) is 0. The first-order chi connectivity index (χ1) is 14.3. The molecule has 1 N–H and O–H groups in total. The van der Waals surface area contributed by atoms with Gasteiger partial charge in [-0.2, -0.15) is 0 Å². The molecule has 2 fully saturated rings. The Morgan fingerprint density at radius 2 is 1.69 bits per heavy atom. The van der Waals surface area contributed by atoms with Gasteiger partial charge in [0.25, 0.3) is 0 Å². The van der Waals surface area contributed by atoms with Gasteiger partial charge in [0, 0.05) is 17.8 Å². The number of likely N-dealkylation sites (tertiary alicyclic amines) is 1. The Labute approximate surface area is 178 Å². The summed E-state index contributed by atoms with van der Waals surface area (Å²) in [5, 5.41) is 4.66. The van der Waals surface area contributed by atoms with Crippen molar-refractivity contribution >= 4 is 17.2 Å². The van der Waals surface area contributed by atoms with Gasteiger partial charge in [-0.25, -0.2) is 0 Å². The normalized spacial score (nSPS) is 27.0. The van der Waals surface area contributed by atoms with E-state index in [-0.39, 0.29) is 12.2 Å². The summed E-state index contributed by atoms with van der Waals surface area (Å²) in [6.45, 7) is 3.52. The molecule has 3 aliphatic heterocycles. The number of rotatable bonds is 4. The molecule has 2 saturated heterocycles. The number of nitrogens with zero attached hydrogens (tertiary/aromatic N) is 2. The fourth-order valence-corrected chi connectivity index (χ4v) is 5.01. The number of nitrogens with one attached hydrogen (secondary N) is 1. The van der Waals surface area contributed by atoms with Crippen molar-refractivity contribution in [2.75, 3.05) is 19.6 Å². The second-order valence-corrected chi connectivity index (χ2v) is 8.76. The van der Waals surface area contributed by atoms with Crippen molar-refractivity contribution in [1.82, 2.24) is 15.1 Å². The minimum atomic E-state index is 0.234. The molecule has 3 unspecified atom stereocenters. The first-order valence-electron chi connectivity index (χ1n) is 10.7. The van der Waals surface area contributed by atoms with Gasteiger partial charge in [-0.3, -0.25) is 5.32 Å². The second-order valence-electron chi connectivity index (χ2n) is 8.33. The number of hydrogen-bond donors (Lipinski definition) is 1. The predicted molar refractivity (Wildman–Crippen MR) is 121 cm³/mol. The molecule has 3 heterocycles. The van der Waals surface area contributed by atoms with Gasteiger partial charge in [-0.1, -0.05) is 66.6 Å². The van der Waals surface area contributed by atoms with Gasteiger partial charge >= 0.3 is 0 Å². The number of benzene rings is 2. The number of piperidine rings is 1. The van der Waals surface area contributed by atoms with E-state index in [1.807, 2.05) is 12.1 Å². The quantitative estimate of drug-likeness (QED) is 0.765. The van der Waals surface area contributed by atoms with E-state index in [4.69, 9.17) is 11.6 Å². The highest BCUT2D eigenvalue weighted by atomic mass is 35.5. The lowest BCUT2D eigenvalue weighted by molar-refractivity contribution is 0.165. The Morgan fingerprint density at radius 1 is 0.931 bits per heavy atom. The Morgan fingerprint density at radius 3 is 2.45 bits per heavy atom. The van der Waals surface area contributed by atoms with Gasteiger partial charge < -0.3 is 9.80 Å². The van der Waals surface area contributed by atoms with Crippen LogP contribution in [0.25, 0.3) is 5.57 Å². The van der Waals surface area contributed by atoms with Crippen LogP contribution in [0.4, 0.5) is 0 Å². The van der Waals surface area contributed by atoms with E-state index < -0.39 is 0 Å². The van der Waals surface area contributed by atoms with Gasteiger partial charge in [0.05, 0.1) is 18.2 Å². The summed E-state index contributed by atoms with van der Waals surface area (Å²) in [5.41, 5.74) is 3.87. The highest BCUT2D eigenvalue weighted by molar-refractivity contribution is 6.30. The van der Waals surface area contributed by atoms with Crippen molar-refractivity contribution in [2.45, 2.75) is 37.5 Å². The topological polar surface area (TPSA) is 18.5 Å². The molecule has 0 aromatic heterocycles. The van der Waals surface area contributed by atoms with Gasteiger partial charge in [-0.15, -0.1) is 0 Å². The number of allylic oxidation sites excluding steroid dienone is 2. The Hall–Kier alpha value is -2.07. The van der Waals surface area contributed by atoms with Crippen LogP contribution in [0.1, 0.15) is 36.4 Å². The van der Waals surface area contributed by atoms with Crippen LogP contribution in [0.5, 0.6) is 0 Å². The van der Waals surface area contributed by atoms with E-state index in [2.05, 4.69) is 75.9 Å². The molecule has 29 heavy (non-hydrogen) atoms. The maximum atomic E-state index is 6.16. The molecule has 0 bridgehead atoms. The summed E-state index contributed by atoms with van der Waals surface area (Å²) < 4.78 is 0. The smallest absolute Gasteiger partial charge is 0.0994 e. The highest BCUT2D eigenvalue weighted by Crippen LogP contribution is 2.35. The van der Waals surface area contributed by atoms with Crippen LogP contribution in [0, 0.1) is 0 Å². The summed E-state index contributed by atoms with van der Waals surface area (Å²) in [4.78, 5) is 5.19. The van der Waals surface area contributed by atoms with Gasteiger partial charge in [0.2, 0.25) is 0 Å². The fraction of sp³-hybridized carbons (Fsp3) is 0.360. The Bertz CT molecular complexity index is 884. The molecule has 0 amide bonds. The van der Waals surface area contributed by atoms with Crippen molar-refractivity contribution in [3.8, 4) is 0 Å². The van der Waals surface area contributed by atoms with E-state index in [0.717, 1.165) is 11.6 Å². The molecule has 150 valence electrons. The Kier molecular flexibility index (Phi) is 5.45. The highest BCUT2D eigenvalue weighted by Gasteiger charge is 2.41. The molecule has 4 heteroatoms. The van der Waals surface area contributed by atoms with Crippen molar-refractivity contribution in [3.05, 3.63) is 89.1 Å². The van der Waals surface area contributed by atoms with Crippen LogP contribution in [0.3, 0.4) is 0 Å². The number of hydrogen-bond acceptors (Lipinski definition) is 3. The first-order valence-corrected chi connectivity index (χ1v) is 11.1. The third-order valence-electron chi connectivity index (χ3n) is 6.42. The monoisotopic (exact) mass is 405 g/mol. The summed E-state index contributed by atoms with van der Waals surface area (Å²) in [6, 6.07) is 19.7. The average Bonchev–Trinajstić information content (AvgIpc) is 3.13. The average molecular weight is 406 g/mol. The molecule has 2 aromatic rings. The van der Waals surface area contributed by atoms with Crippen molar-refractivity contribution in [2.24, 2.45) is 0 Å². The lowest BCUT2D eigenvalue weighted by atomic mass is 9.98. The van der Waals surface area contributed by atoms with Crippen molar-refractivity contribution in [1.29, 1.82) is 0 Å². The summed E-state index contributed by atoms with van der Waals surface area (Å²) in [7, 11) is 0. The third kappa shape index (κ3) is 4.00. The van der Waals surface area contributed by atoms with Crippen molar-refractivity contribution < 1.29 is 0 Å². The second kappa shape index (κ2) is 8.35. The van der Waals surface area contributed by atoms with Crippen LogP contribution in [-0.4, -0.2) is 41.6 Å². The SMILES string of the molecule is Clc1ccc(C2NC3C=CC(c4ccccc4)=CN3C2CN2CCCCC2)cc1. The molecule has 0 spiro atoms. The first kappa shape index (κ1) is 18.9. The fourth-order valence-electron chi connectivity index (χ4n) is 4.89. The van der Waals surface area contributed by atoms with Gasteiger partial charge in [0.1, 0.15) is 0 Å². The lowest BCUT2D eigenvalue weighted by Gasteiger charge is -2.36. The third-order valence-corrected chi connectivity index (χ3v) is 6.67. The van der Waals surface area contributed by atoms with E-state index in [1.165, 1.54) is 49.1 Å². The lowest BCUT2D eigenvalue weighted by Crippen LogP contribution is -2.44. The van der Waals surface area contributed by atoms with Gasteiger partial charge in [-0.05, 0) is 60.8 Å². The van der Waals surface area contributed by atoms with Crippen LogP contribution in [-0.2, 0) is 0 Å². The zero-order chi connectivity index (χ0) is 19.6. The summed E-state index contributed by atoms with van der Waals surface area (Å²) in [6.07, 6.45) is 11.2. The maximum absolute atomic E-state index is 6.16. The van der Waals surface area contributed by atoms with Crippen LogP contribution in [0.2, 0.25) is 5.02 Å². The minimum Gasteiger partial charge on any atom is -0.352 e.